The zero-order valence-corrected chi connectivity index (χ0v) is 15.8. The number of fused-ring (bicyclic) bond motifs is 3. The maximum absolute atomic E-state index is 10.9. The first-order valence-electron chi connectivity index (χ1n) is 9.59. The number of aromatic nitrogens is 2. The van der Waals surface area contributed by atoms with Gasteiger partial charge in [-0.3, -0.25) is 0 Å². The van der Waals surface area contributed by atoms with Gasteiger partial charge in [-0.05, 0) is 30.2 Å². The van der Waals surface area contributed by atoms with Gasteiger partial charge < -0.3 is 19.7 Å². The Kier molecular flexibility index (Phi) is 3.95. The fourth-order valence-electron chi connectivity index (χ4n) is 4.39. The Balaban J connectivity index is 1.58. The molecule has 1 aliphatic rings. The van der Waals surface area contributed by atoms with E-state index in [1.54, 1.807) is 6.07 Å². The van der Waals surface area contributed by atoms with E-state index < -0.39 is 0 Å². The van der Waals surface area contributed by atoms with Gasteiger partial charge in [0, 0.05) is 29.2 Å². The molecule has 4 aromatic rings. The second kappa shape index (κ2) is 6.64. The third-order valence-electron chi connectivity index (χ3n) is 5.69. The lowest BCUT2D eigenvalue weighted by molar-refractivity contribution is 0.402. The molecule has 0 saturated heterocycles. The van der Waals surface area contributed by atoms with Gasteiger partial charge in [-0.15, -0.1) is 0 Å². The van der Waals surface area contributed by atoms with Crippen molar-refractivity contribution in [3.05, 3.63) is 71.9 Å². The summed E-state index contributed by atoms with van der Waals surface area (Å²) in [5.41, 5.74) is 4.70. The van der Waals surface area contributed by atoms with Gasteiger partial charge in [-0.1, -0.05) is 36.4 Å². The third-order valence-corrected chi connectivity index (χ3v) is 5.69. The van der Waals surface area contributed by atoms with Gasteiger partial charge in [0.2, 0.25) is 11.8 Å². The average Bonchev–Trinajstić information content (AvgIpc) is 3.23. The number of nitrogens with zero attached hydrogens (tertiary/aromatic N) is 4. The van der Waals surface area contributed by atoms with E-state index in [0.29, 0.717) is 17.9 Å². The SMILES string of the molecule is N#CCn1c2c(c3ccccc31)CCN(c1cc(O)n(-c3ccccc3)c1O)C2. The number of aromatic hydroxyl groups is 2. The molecule has 3 heterocycles. The van der Waals surface area contributed by atoms with Crippen LogP contribution in [0.4, 0.5) is 5.69 Å². The molecule has 2 N–H and O–H groups in total. The first-order valence-corrected chi connectivity index (χ1v) is 9.59. The van der Waals surface area contributed by atoms with Crippen molar-refractivity contribution in [1.82, 2.24) is 9.13 Å². The minimum absolute atomic E-state index is 0.00735. The molecule has 0 saturated carbocycles. The van der Waals surface area contributed by atoms with Crippen molar-refractivity contribution in [2.24, 2.45) is 0 Å². The zero-order valence-electron chi connectivity index (χ0n) is 15.8. The number of anilines is 1. The Morgan fingerprint density at radius 2 is 1.76 bits per heavy atom. The maximum atomic E-state index is 10.9. The smallest absolute Gasteiger partial charge is 0.223 e. The van der Waals surface area contributed by atoms with Crippen LogP contribution in [0.25, 0.3) is 16.6 Å². The lowest BCUT2D eigenvalue weighted by Gasteiger charge is -2.29. The average molecular weight is 384 g/mol. The minimum Gasteiger partial charge on any atom is -0.494 e. The first kappa shape index (κ1) is 17.3. The van der Waals surface area contributed by atoms with Crippen LogP contribution in [0.2, 0.25) is 0 Å². The van der Waals surface area contributed by atoms with Gasteiger partial charge in [0.15, 0.2) is 0 Å². The second-order valence-corrected chi connectivity index (χ2v) is 7.24. The highest BCUT2D eigenvalue weighted by atomic mass is 16.3. The Morgan fingerprint density at radius 1 is 1.00 bits per heavy atom. The van der Waals surface area contributed by atoms with E-state index in [1.165, 1.54) is 15.5 Å². The van der Waals surface area contributed by atoms with Crippen molar-refractivity contribution < 1.29 is 10.2 Å². The first-order chi connectivity index (χ1) is 14.2. The number of hydrogen-bond donors (Lipinski definition) is 2. The molecule has 0 spiro atoms. The molecule has 29 heavy (non-hydrogen) atoms. The van der Waals surface area contributed by atoms with Crippen molar-refractivity contribution >= 4 is 16.6 Å². The molecule has 6 nitrogen and oxygen atoms in total. The van der Waals surface area contributed by atoms with E-state index >= 15 is 0 Å². The third kappa shape index (κ3) is 2.63. The van der Waals surface area contributed by atoms with E-state index in [0.717, 1.165) is 24.2 Å². The molecule has 0 amide bonds. The predicted octanol–water partition coefficient (Wildman–Crippen LogP) is 3.93. The van der Waals surface area contributed by atoms with Gasteiger partial charge in [0.05, 0.1) is 18.3 Å². The predicted molar refractivity (Wildman–Crippen MR) is 111 cm³/mol. The van der Waals surface area contributed by atoms with Crippen LogP contribution in [0, 0.1) is 11.3 Å². The van der Waals surface area contributed by atoms with Crippen molar-refractivity contribution in [2.45, 2.75) is 19.5 Å². The zero-order chi connectivity index (χ0) is 20.0. The Hall–Kier alpha value is -3.85. The Morgan fingerprint density at radius 3 is 2.55 bits per heavy atom. The van der Waals surface area contributed by atoms with Crippen LogP contribution in [0.15, 0.2) is 60.7 Å². The van der Waals surface area contributed by atoms with Crippen molar-refractivity contribution in [3.63, 3.8) is 0 Å². The normalized spacial score (nSPS) is 13.4. The summed E-state index contributed by atoms with van der Waals surface area (Å²) < 4.78 is 3.50. The molecule has 6 heteroatoms. The van der Waals surface area contributed by atoms with E-state index in [2.05, 4.69) is 21.6 Å². The Labute approximate surface area is 168 Å². The minimum atomic E-state index is -0.00735. The molecule has 144 valence electrons. The van der Waals surface area contributed by atoms with E-state index in [-0.39, 0.29) is 18.3 Å². The molecule has 0 aliphatic carbocycles. The van der Waals surface area contributed by atoms with Crippen LogP contribution in [0.3, 0.4) is 0 Å². The Bertz CT molecular complexity index is 1250. The van der Waals surface area contributed by atoms with Gasteiger partial charge in [-0.2, -0.15) is 5.26 Å². The highest BCUT2D eigenvalue weighted by Crippen LogP contribution is 2.41. The number of benzene rings is 2. The summed E-state index contributed by atoms with van der Waals surface area (Å²) in [6, 6.07) is 21.3. The fourth-order valence-corrected chi connectivity index (χ4v) is 4.39. The summed E-state index contributed by atoms with van der Waals surface area (Å²) in [5, 5.41) is 31.9. The largest absolute Gasteiger partial charge is 0.494 e. The van der Waals surface area contributed by atoms with Crippen molar-refractivity contribution in [2.75, 3.05) is 11.4 Å². The highest BCUT2D eigenvalue weighted by Gasteiger charge is 2.27. The van der Waals surface area contributed by atoms with Gasteiger partial charge in [0.1, 0.15) is 12.2 Å². The molecule has 2 aromatic heterocycles. The van der Waals surface area contributed by atoms with Crippen molar-refractivity contribution in [3.8, 4) is 23.5 Å². The topological polar surface area (TPSA) is 77.3 Å². The molecule has 5 rings (SSSR count). The van der Waals surface area contributed by atoms with Crippen LogP contribution in [-0.4, -0.2) is 25.9 Å². The molecule has 0 fully saturated rings. The number of para-hydroxylation sites is 2. The summed E-state index contributed by atoms with van der Waals surface area (Å²) in [7, 11) is 0. The van der Waals surface area contributed by atoms with Gasteiger partial charge in [0.25, 0.3) is 0 Å². The fraction of sp³-hybridized carbons (Fsp3) is 0.174. The summed E-state index contributed by atoms with van der Waals surface area (Å²) in [5.74, 6) is 0.00663. The van der Waals surface area contributed by atoms with E-state index in [4.69, 9.17) is 0 Å². The highest BCUT2D eigenvalue weighted by molar-refractivity contribution is 5.86. The summed E-state index contributed by atoms with van der Waals surface area (Å²) in [4.78, 5) is 2.06. The standard InChI is InChI=1S/C23H20N4O2/c24-11-13-26-19-9-5-4-8-17(19)18-10-12-25(15-21(18)26)20-14-22(28)27(23(20)29)16-6-2-1-3-7-16/h1-9,14,28-29H,10,12-13,15H2. The van der Waals surface area contributed by atoms with Crippen molar-refractivity contribution in [1.29, 1.82) is 5.26 Å². The lowest BCUT2D eigenvalue weighted by Crippen LogP contribution is -2.31. The van der Waals surface area contributed by atoms with Crippen LogP contribution in [-0.2, 0) is 19.5 Å². The van der Waals surface area contributed by atoms with Crippen LogP contribution < -0.4 is 4.90 Å². The number of rotatable bonds is 3. The van der Waals surface area contributed by atoms with Gasteiger partial charge in [-0.25, -0.2) is 4.57 Å². The quantitative estimate of drug-likeness (QED) is 0.561. The van der Waals surface area contributed by atoms with Crippen LogP contribution in [0.5, 0.6) is 11.8 Å². The van der Waals surface area contributed by atoms with Crippen LogP contribution in [0.1, 0.15) is 11.3 Å². The number of hydrogen-bond acceptors (Lipinski definition) is 4. The summed E-state index contributed by atoms with van der Waals surface area (Å²) >= 11 is 0. The molecule has 0 bridgehead atoms. The van der Waals surface area contributed by atoms with Gasteiger partial charge >= 0.3 is 0 Å². The van der Waals surface area contributed by atoms with E-state index in [1.807, 2.05) is 48.5 Å². The molecule has 1 aliphatic heterocycles. The molecular formula is C23H20N4O2. The molecule has 0 radical (unpaired) electrons. The summed E-state index contributed by atoms with van der Waals surface area (Å²) in [6.45, 7) is 1.57. The molecular weight excluding hydrogens is 364 g/mol. The molecule has 2 aromatic carbocycles. The lowest BCUT2D eigenvalue weighted by atomic mass is 10.0. The number of nitriles is 1. The second-order valence-electron chi connectivity index (χ2n) is 7.24. The van der Waals surface area contributed by atoms with Crippen LogP contribution >= 0.6 is 0 Å². The maximum Gasteiger partial charge on any atom is 0.223 e. The monoisotopic (exact) mass is 384 g/mol. The summed E-state index contributed by atoms with van der Waals surface area (Å²) in [6.07, 6.45) is 0.811. The molecule has 0 unspecified atom stereocenters. The van der Waals surface area contributed by atoms with E-state index in [9.17, 15) is 15.5 Å². The molecule has 0 atom stereocenters.